The highest BCUT2D eigenvalue weighted by Crippen LogP contribution is 2.19. The van der Waals surface area contributed by atoms with Crippen molar-refractivity contribution >= 4 is 5.69 Å². The van der Waals surface area contributed by atoms with E-state index in [4.69, 9.17) is 4.52 Å². The molecule has 0 aliphatic carbocycles. The minimum absolute atomic E-state index is 0.559. The van der Waals surface area contributed by atoms with Crippen molar-refractivity contribution in [2.75, 3.05) is 18.0 Å². The first-order valence-electron chi connectivity index (χ1n) is 6.70. The Morgan fingerprint density at radius 3 is 2.63 bits per heavy atom. The number of aromatic nitrogens is 2. The molecule has 1 fully saturated rings. The molecule has 0 amide bonds. The number of anilines is 1. The van der Waals surface area contributed by atoms with Crippen LogP contribution in [0.25, 0.3) is 0 Å². The Morgan fingerprint density at radius 1 is 1.16 bits per heavy atom. The molecule has 2 aromatic heterocycles. The van der Waals surface area contributed by atoms with Crippen LogP contribution in [0.5, 0.6) is 0 Å². The lowest BCUT2D eigenvalue weighted by Gasteiger charge is -2.33. The van der Waals surface area contributed by atoms with Crippen LogP contribution in [0.15, 0.2) is 41.3 Å². The van der Waals surface area contributed by atoms with Gasteiger partial charge in [0.1, 0.15) is 5.76 Å². The molecule has 0 aromatic carbocycles. The van der Waals surface area contributed by atoms with Crippen LogP contribution in [0.4, 0.5) is 5.69 Å². The summed E-state index contributed by atoms with van der Waals surface area (Å²) in [5, 5.41) is 7.23. The molecule has 5 heteroatoms. The SMILES string of the molecule is c1cc(N2CCC(NCc3ccno3)CC2)ccn1. The summed E-state index contributed by atoms with van der Waals surface area (Å²) >= 11 is 0. The summed E-state index contributed by atoms with van der Waals surface area (Å²) in [7, 11) is 0. The fourth-order valence-corrected chi connectivity index (χ4v) is 2.47. The number of nitrogens with zero attached hydrogens (tertiary/aromatic N) is 3. The van der Waals surface area contributed by atoms with Gasteiger partial charge < -0.3 is 14.7 Å². The van der Waals surface area contributed by atoms with Crippen molar-refractivity contribution in [2.45, 2.75) is 25.4 Å². The van der Waals surface area contributed by atoms with Gasteiger partial charge >= 0.3 is 0 Å². The average Bonchev–Trinajstić information content (AvgIpc) is 3.00. The first-order chi connectivity index (χ1) is 9.42. The third-order valence-corrected chi connectivity index (χ3v) is 3.58. The second kappa shape index (κ2) is 5.84. The molecule has 3 rings (SSSR count). The molecule has 2 aromatic rings. The highest BCUT2D eigenvalue weighted by Gasteiger charge is 2.19. The third-order valence-electron chi connectivity index (χ3n) is 3.58. The zero-order chi connectivity index (χ0) is 12.9. The minimum Gasteiger partial charge on any atom is -0.371 e. The molecule has 0 spiro atoms. The third kappa shape index (κ3) is 3.12. The average molecular weight is 258 g/mol. The maximum atomic E-state index is 5.09. The van der Waals surface area contributed by atoms with E-state index in [-0.39, 0.29) is 0 Å². The van der Waals surface area contributed by atoms with Gasteiger partial charge in [-0.25, -0.2) is 0 Å². The number of rotatable bonds is 4. The lowest BCUT2D eigenvalue weighted by atomic mass is 10.0. The topological polar surface area (TPSA) is 54.2 Å². The van der Waals surface area contributed by atoms with Crippen molar-refractivity contribution in [1.29, 1.82) is 0 Å². The van der Waals surface area contributed by atoms with Gasteiger partial charge in [-0.2, -0.15) is 0 Å². The predicted molar refractivity (Wildman–Crippen MR) is 72.8 cm³/mol. The van der Waals surface area contributed by atoms with Gasteiger partial charge in [-0.1, -0.05) is 5.16 Å². The Kier molecular flexibility index (Phi) is 3.74. The van der Waals surface area contributed by atoms with Gasteiger partial charge in [0, 0.05) is 43.3 Å². The number of hydrogen-bond acceptors (Lipinski definition) is 5. The van der Waals surface area contributed by atoms with E-state index in [1.807, 2.05) is 18.5 Å². The zero-order valence-corrected chi connectivity index (χ0v) is 10.8. The molecule has 1 N–H and O–H groups in total. The second-order valence-corrected chi connectivity index (χ2v) is 4.83. The summed E-state index contributed by atoms with van der Waals surface area (Å²) in [5.41, 5.74) is 1.27. The Morgan fingerprint density at radius 2 is 1.95 bits per heavy atom. The fraction of sp³-hybridized carbons (Fsp3) is 0.429. The summed E-state index contributed by atoms with van der Waals surface area (Å²) in [6.45, 7) is 2.93. The van der Waals surface area contributed by atoms with Gasteiger partial charge in [0.05, 0.1) is 12.7 Å². The molecule has 19 heavy (non-hydrogen) atoms. The van der Waals surface area contributed by atoms with Crippen molar-refractivity contribution in [3.63, 3.8) is 0 Å². The Hall–Kier alpha value is -1.88. The van der Waals surface area contributed by atoms with Crippen molar-refractivity contribution in [3.05, 3.63) is 42.5 Å². The Bertz CT molecular complexity index is 477. The highest BCUT2D eigenvalue weighted by atomic mass is 16.5. The van der Waals surface area contributed by atoms with Gasteiger partial charge in [0.15, 0.2) is 0 Å². The van der Waals surface area contributed by atoms with E-state index in [0.29, 0.717) is 6.04 Å². The van der Waals surface area contributed by atoms with E-state index < -0.39 is 0 Å². The van der Waals surface area contributed by atoms with Crippen LogP contribution >= 0.6 is 0 Å². The standard InChI is InChI=1S/C14H18N4O/c1-6-15-7-2-13(1)18-9-4-12(5-10-18)16-11-14-3-8-17-19-14/h1-3,6-8,12,16H,4-5,9-11H2. The van der Waals surface area contributed by atoms with Crippen LogP contribution in [0, 0.1) is 0 Å². The van der Waals surface area contributed by atoms with E-state index in [0.717, 1.165) is 38.2 Å². The van der Waals surface area contributed by atoms with Crippen LogP contribution in [-0.2, 0) is 6.54 Å². The summed E-state index contributed by atoms with van der Waals surface area (Å²) in [4.78, 5) is 6.47. The molecule has 0 atom stereocenters. The van der Waals surface area contributed by atoms with E-state index in [1.54, 1.807) is 6.20 Å². The van der Waals surface area contributed by atoms with Gasteiger partial charge in [-0.3, -0.25) is 4.98 Å². The molecule has 100 valence electrons. The number of hydrogen-bond donors (Lipinski definition) is 1. The summed E-state index contributed by atoms with van der Waals surface area (Å²) in [5.74, 6) is 0.900. The summed E-state index contributed by atoms with van der Waals surface area (Å²) < 4.78 is 5.09. The van der Waals surface area contributed by atoms with E-state index in [9.17, 15) is 0 Å². The number of pyridine rings is 1. The predicted octanol–water partition coefficient (Wildman–Crippen LogP) is 1.83. The molecule has 1 aliphatic heterocycles. The number of nitrogens with one attached hydrogen (secondary N) is 1. The number of piperidine rings is 1. The van der Waals surface area contributed by atoms with Gasteiger partial charge in [-0.15, -0.1) is 0 Å². The molecule has 1 aliphatic rings. The smallest absolute Gasteiger partial charge is 0.150 e. The summed E-state index contributed by atoms with van der Waals surface area (Å²) in [6, 6.07) is 6.60. The van der Waals surface area contributed by atoms with Crippen LogP contribution in [-0.4, -0.2) is 29.3 Å². The largest absolute Gasteiger partial charge is 0.371 e. The molecular weight excluding hydrogens is 240 g/mol. The molecule has 0 unspecified atom stereocenters. The molecule has 0 saturated carbocycles. The van der Waals surface area contributed by atoms with Crippen LogP contribution in [0.2, 0.25) is 0 Å². The first kappa shape index (κ1) is 12.2. The van der Waals surface area contributed by atoms with E-state index in [1.165, 1.54) is 5.69 Å². The molecular formula is C14H18N4O. The zero-order valence-electron chi connectivity index (χ0n) is 10.8. The van der Waals surface area contributed by atoms with Crippen LogP contribution in [0.3, 0.4) is 0 Å². The molecule has 3 heterocycles. The van der Waals surface area contributed by atoms with Gasteiger partial charge in [-0.05, 0) is 25.0 Å². The van der Waals surface area contributed by atoms with Crippen molar-refractivity contribution in [2.24, 2.45) is 0 Å². The van der Waals surface area contributed by atoms with Crippen molar-refractivity contribution in [1.82, 2.24) is 15.5 Å². The minimum atomic E-state index is 0.559. The molecule has 1 saturated heterocycles. The maximum Gasteiger partial charge on any atom is 0.150 e. The van der Waals surface area contributed by atoms with Gasteiger partial charge in [0.2, 0.25) is 0 Å². The highest BCUT2D eigenvalue weighted by molar-refractivity contribution is 5.44. The lowest BCUT2D eigenvalue weighted by molar-refractivity contribution is 0.346. The normalized spacial score (nSPS) is 16.7. The van der Waals surface area contributed by atoms with Gasteiger partial charge in [0.25, 0.3) is 0 Å². The first-order valence-corrected chi connectivity index (χ1v) is 6.70. The fourth-order valence-electron chi connectivity index (χ4n) is 2.47. The second-order valence-electron chi connectivity index (χ2n) is 4.83. The van der Waals surface area contributed by atoms with Crippen LogP contribution < -0.4 is 10.2 Å². The Labute approximate surface area is 112 Å². The van der Waals surface area contributed by atoms with Crippen molar-refractivity contribution in [3.8, 4) is 0 Å². The molecule has 0 bridgehead atoms. The van der Waals surface area contributed by atoms with E-state index >= 15 is 0 Å². The van der Waals surface area contributed by atoms with Crippen molar-refractivity contribution < 1.29 is 4.52 Å². The summed E-state index contributed by atoms with van der Waals surface area (Å²) in [6.07, 6.45) is 7.68. The Balaban J connectivity index is 1.47. The maximum absolute atomic E-state index is 5.09. The van der Waals surface area contributed by atoms with E-state index in [2.05, 4.69) is 32.5 Å². The van der Waals surface area contributed by atoms with Crippen LogP contribution in [0.1, 0.15) is 18.6 Å². The molecule has 0 radical (unpaired) electrons. The monoisotopic (exact) mass is 258 g/mol. The quantitative estimate of drug-likeness (QED) is 0.906. The molecule has 5 nitrogen and oxygen atoms in total. The lowest BCUT2D eigenvalue weighted by Crippen LogP contribution is -2.42.